The van der Waals surface area contributed by atoms with Gasteiger partial charge in [-0.2, -0.15) is 28.0 Å². The molecule has 0 amide bonds. The Hall–Kier alpha value is -6.41. The molecule has 0 N–H and O–H groups in total. The first-order valence-corrected chi connectivity index (χ1v) is 18.6. The Labute approximate surface area is 372 Å². The second-order valence-electron chi connectivity index (χ2n) is 14.3. The van der Waals surface area contributed by atoms with Crippen LogP contribution in [0.15, 0.2) is 110 Å². The molecule has 0 saturated carbocycles. The molecule has 9 aromatic rings. The van der Waals surface area contributed by atoms with Crippen LogP contribution in [0.2, 0.25) is 0 Å². The Kier molecular flexibility index (Phi) is 8.45. The van der Waals surface area contributed by atoms with E-state index in [9.17, 15) is 0 Å². The molecule has 0 radical (unpaired) electrons. The summed E-state index contributed by atoms with van der Waals surface area (Å²) in [5.41, 5.74) is 9.63. The fourth-order valence-corrected chi connectivity index (χ4v) is 8.43. The van der Waals surface area contributed by atoms with E-state index in [1.807, 2.05) is 96.8 Å². The second kappa shape index (κ2) is 13.8. The zero-order valence-corrected chi connectivity index (χ0v) is 35.5. The number of hydrogen-bond donors (Lipinski definition) is 0. The van der Waals surface area contributed by atoms with E-state index < -0.39 is 0 Å². The summed E-state index contributed by atoms with van der Waals surface area (Å²) < 4.78 is 31.0. The van der Waals surface area contributed by atoms with Crippen molar-refractivity contribution in [1.82, 2.24) is 34.1 Å². The summed E-state index contributed by atoms with van der Waals surface area (Å²) in [6, 6.07) is 41.5. The summed E-state index contributed by atoms with van der Waals surface area (Å²) in [5, 5.41) is 8.82. The van der Waals surface area contributed by atoms with Crippen LogP contribution in [0.4, 0.5) is 0 Å². The van der Waals surface area contributed by atoms with Crippen molar-refractivity contribution in [2.75, 3.05) is 0 Å². The van der Waals surface area contributed by atoms with E-state index in [4.69, 9.17) is 28.9 Å². The van der Waals surface area contributed by atoms with Crippen LogP contribution in [-0.4, -0.2) is 47.5 Å². The van der Waals surface area contributed by atoms with Gasteiger partial charge in [-0.25, -0.2) is 18.3 Å². The topological polar surface area (TPSA) is 103 Å². The summed E-state index contributed by atoms with van der Waals surface area (Å²) in [6.07, 6.45) is 14.1. The predicted molar refractivity (Wildman–Crippen MR) is 215 cm³/mol. The number of fused-ring (bicyclic) bond motifs is 8. The van der Waals surface area contributed by atoms with Crippen LogP contribution < -0.4 is 51.7 Å². The number of nitrogens with zero attached hydrogens (tertiary/aromatic N) is 7. The van der Waals surface area contributed by atoms with Gasteiger partial charge in [0.05, 0.1) is 11.8 Å². The van der Waals surface area contributed by atoms with Gasteiger partial charge in [0.25, 0.3) is 0 Å². The first-order chi connectivity index (χ1) is 28.6. The maximum absolute atomic E-state index is 6.48. The second-order valence-corrected chi connectivity index (χ2v) is 14.3. The van der Waals surface area contributed by atoms with Gasteiger partial charge in [0.15, 0.2) is 0 Å². The molecule has 0 bridgehead atoms. The fourth-order valence-electron chi connectivity index (χ4n) is 8.43. The number of ether oxygens (including phenoxy) is 4. The Morgan fingerprint density at radius 2 is 1.02 bits per heavy atom. The maximum Gasteiger partial charge on any atom is 0.215 e. The molecular formula is C45H21B2N7O4Pt2-6. The standard InChI is InChI=1S/C45H21B2N7O4.2Pt/c1-52-25-28(26-10-12-36-31(18-26)46-33-21-29(53-16-4-14-50-53)23-48-44(33)57-40-8-2-6-38(55-36)42(40)46)20-35(52)27-11-13-37-32(19-27)47-34-22-30(54-17-5-15-51-54)24-49-45(34)58-41-9-3-7-39(56-37)43(41)47;;/h2-17,23-24H,1H3;;/q-6;;. The van der Waals surface area contributed by atoms with Crippen LogP contribution >= 0.6 is 0 Å². The summed E-state index contributed by atoms with van der Waals surface area (Å²) >= 11 is 0. The van der Waals surface area contributed by atoms with Gasteiger partial charge in [-0.3, -0.25) is 9.36 Å². The van der Waals surface area contributed by atoms with Crippen LogP contribution in [0.1, 0.15) is 0 Å². The molecule has 4 aliphatic heterocycles. The van der Waals surface area contributed by atoms with Crippen LogP contribution in [0.25, 0.3) is 33.8 Å². The Morgan fingerprint density at radius 1 is 0.517 bits per heavy atom. The number of pyridine rings is 2. The molecule has 13 rings (SSSR count). The van der Waals surface area contributed by atoms with Crippen molar-refractivity contribution < 1.29 is 61.1 Å². The molecule has 292 valence electrons. The Morgan fingerprint density at radius 3 is 1.53 bits per heavy atom. The molecule has 15 heteroatoms. The molecule has 4 aromatic carbocycles. The van der Waals surface area contributed by atoms with Crippen molar-refractivity contribution in [3.05, 3.63) is 147 Å². The monoisotopic (exact) mass is 1140 g/mol. The third-order valence-electron chi connectivity index (χ3n) is 11.0. The molecule has 5 aromatic heterocycles. The van der Waals surface area contributed by atoms with Crippen molar-refractivity contribution in [2.45, 2.75) is 0 Å². The molecule has 0 spiro atoms. The molecule has 0 unspecified atom stereocenters. The van der Waals surface area contributed by atoms with Gasteiger partial charge in [0, 0.05) is 89.3 Å². The molecule has 11 nitrogen and oxygen atoms in total. The quantitative estimate of drug-likeness (QED) is 0.194. The van der Waals surface area contributed by atoms with E-state index in [0.29, 0.717) is 46.1 Å². The molecular weight excluding hydrogens is 1110 g/mol. The number of rotatable bonds is 4. The Bertz CT molecular complexity index is 3170. The largest absolute Gasteiger partial charge is 0.504 e. The van der Waals surface area contributed by atoms with E-state index >= 15 is 0 Å². The van der Waals surface area contributed by atoms with Gasteiger partial charge >= 0.3 is 0 Å². The number of hydrogen-bond acceptors (Lipinski definition) is 8. The SMILES string of the molecule is Cn1[c-]c(-c2[c-]c3c(cc2)Oc2cccc4c2B3c2[c-]c(-n3cccn3)cnc2O4)[c-]c1-c1[c-]c2c(cc1)Oc1cccc3c1B2c1[c-]c(-n2cccn2)cnc1O3.[Pt].[Pt]. The Balaban J connectivity index is 0.00000204. The van der Waals surface area contributed by atoms with E-state index in [1.165, 1.54) is 0 Å². The van der Waals surface area contributed by atoms with E-state index in [0.717, 1.165) is 66.7 Å². The summed E-state index contributed by atoms with van der Waals surface area (Å²) in [4.78, 5) is 9.42. The minimum Gasteiger partial charge on any atom is -0.504 e. The number of aromatic nitrogens is 7. The molecule has 0 saturated heterocycles. The van der Waals surface area contributed by atoms with E-state index in [2.05, 4.69) is 46.7 Å². The van der Waals surface area contributed by atoms with Crippen LogP contribution in [0.3, 0.4) is 0 Å². The average Bonchev–Trinajstić information content (AvgIpc) is 4.07. The number of aryl methyl sites for hydroxylation is 1. The van der Waals surface area contributed by atoms with Gasteiger partial charge in [0.1, 0.15) is 23.0 Å². The van der Waals surface area contributed by atoms with E-state index in [1.54, 1.807) is 34.2 Å². The molecule has 4 aliphatic rings. The van der Waals surface area contributed by atoms with Gasteiger partial charge in [0.2, 0.25) is 13.4 Å². The van der Waals surface area contributed by atoms with Gasteiger partial charge in [-0.1, -0.05) is 24.5 Å². The molecule has 0 aliphatic carbocycles. The first-order valence-electron chi connectivity index (χ1n) is 18.6. The molecule has 0 fully saturated rings. The minimum absolute atomic E-state index is 0. The van der Waals surface area contributed by atoms with Crippen LogP contribution in [-0.2, 0) is 49.2 Å². The third kappa shape index (κ3) is 5.45. The third-order valence-corrected chi connectivity index (χ3v) is 11.0. The van der Waals surface area contributed by atoms with Crippen LogP contribution in [0.5, 0.6) is 46.3 Å². The fraction of sp³-hybridized carbons (Fsp3) is 0.0222. The summed E-state index contributed by atoms with van der Waals surface area (Å²) in [6.45, 7) is -0.594. The molecule has 60 heavy (non-hydrogen) atoms. The normalized spacial score (nSPS) is 12.9. The summed E-state index contributed by atoms with van der Waals surface area (Å²) in [7, 11) is 1.96. The minimum atomic E-state index is -0.297. The maximum atomic E-state index is 6.48. The van der Waals surface area contributed by atoms with Crippen LogP contribution in [0, 0.1) is 36.5 Å². The van der Waals surface area contributed by atoms with Gasteiger partial charge in [-0.15, -0.1) is 51.7 Å². The van der Waals surface area contributed by atoms with Crippen molar-refractivity contribution >= 4 is 46.2 Å². The number of benzene rings is 4. The van der Waals surface area contributed by atoms with E-state index in [-0.39, 0.29) is 55.6 Å². The predicted octanol–water partition coefficient (Wildman–Crippen LogP) is 3.77. The zero-order chi connectivity index (χ0) is 38.1. The molecule has 0 atom stereocenters. The van der Waals surface area contributed by atoms with Gasteiger partial charge < -0.3 is 50.7 Å². The smallest absolute Gasteiger partial charge is 0.215 e. The zero-order valence-electron chi connectivity index (χ0n) is 30.9. The van der Waals surface area contributed by atoms with Crippen molar-refractivity contribution in [3.63, 3.8) is 0 Å². The molecule has 9 heterocycles. The van der Waals surface area contributed by atoms with Crippen molar-refractivity contribution in [2.24, 2.45) is 7.05 Å². The first kappa shape index (κ1) is 36.7. The average molecular weight is 1140 g/mol. The van der Waals surface area contributed by atoms with Crippen molar-refractivity contribution in [1.29, 1.82) is 0 Å². The van der Waals surface area contributed by atoms with Crippen molar-refractivity contribution in [3.8, 4) is 80.0 Å². The summed E-state index contributed by atoms with van der Waals surface area (Å²) in [5.74, 6) is 5.18. The van der Waals surface area contributed by atoms with Gasteiger partial charge in [-0.05, 0) is 54.8 Å².